The van der Waals surface area contributed by atoms with Gasteiger partial charge in [-0.05, 0) is 25.0 Å². The number of anilines is 1. The van der Waals surface area contributed by atoms with Crippen molar-refractivity contribution < 1.29 is 14.7 Å². The van der Waals surface area contributed by atoms with Crippen LogP contribution in [0, 0.1) is 6.92 Å². The second-order valence-electron chi connectivity index (χ2n) is 5.31. The molecule has 2 heterocycles. The molecule has 1 atom stereocenters. The summed E-state index contributed by atoms with van der Waals surface area (Å²) in [6.45, 7) is 2.15. The number of carboxylic acid groups (broad SMARTS) is 1. The summed E-state index contributed by atoms with van der Waals surface area (Å²) in [5.41, 5.74) is 4.18. The van der Waals surface area contributed by atoms with Crippen LogP contribution in [0.3, 0.4) is 0 Å². The van der Waals surface area contributed by atoms with Crippen LogP contribution < -0.4 is 4.90 Å². The summed E-state index contributed by atoms with van der Waals surface area (Å²) in [5, 5.41) is 9.33. The Morgan fingerprint density at radius 1 is 1.41 bits per heavy atom. The van der Waals surface area contributed by atoms with Crippen LogP contribution in [-0.2, 0) is 16.0 Å². The number of hydrogen-bond acceptors (Lipinski definition) is 4. The molecule has 0 spiro atoms. The summed E-state index contributed by atoms with van der Waals surface area (Å²) in [4.78, 5) is 30.8. The monoisotopic (exact) mass is 316 g/mol. The van der Waals surface area contributed by atoms with Crippen LogP contribution >= 0.6 is 11.3 Å². The highest BCUT2D eigenvalue weighted by molar-refractivity contribution is 7.09. The van der Waals surface area contributed by atoms with Crippen LogP contribution in [0.1, 0.15) is 28.5 Å². The van der Waals surface area contributed by atoms with E-state index in [0.29, 0.717) is 12.8 Å². The number of rotatable bonds is 4. The van der Waals surface area contributed by atoms with Gasteiger partial charge in [-0.1, -0.05) is 18.2 Å². The van der Waals surface area contributed by atoms with E-state index in [1.165, 1.54) is 0 Å². The second kappa shape index (κ2) is 5.88. The Bertz CT molecular complexity index is 726. The number of nitrogens with zero attached hydrogens (tertiary/aromatic N) is 2. The molecule has 1 N–H and O–H groups in total. The Morgan fingerprint density at radius 3 is 2.86 bits per heavy atom. The molecule has 5 nitrogen and oxygen atoms in total. The largest absolute Gasteiger partial charge is 0.481 e. The maximum atomic E-state index is 12.5. The molecule has 0 bridgehead atoms. The normalized spacial score (nSPS) is 16.6. The van der Waals surface area contributed by atoms with Crippen LogP contribution in [0.15, 0.2) is 29.8 Å². The summed E-state index contributed by atoms with van der Waals surface area (Å²) < 4.78 is 0. The van der Waals surface area contributed by atoms with E-state index in [1.54, 1.807) is 27.8 Å². The molecule has 0 saturated carbocycles. The molecule has 1 aliphatic rings. The van der Waals surface area contributed by atoms with Crippen molar-refractivity contribution in [3.63, 3.8) is 0 Å². The first kappa shape index (κ1) is 14.7. The van der Waals surface area contributed by atoms with Gasteiger partial charge in [-0.3, -0.25) is 9.59 Å². The smallest absolute Gasteiger partial charge is 0.312 e. The van der Waals surface area contributed by atoms with E-state index in [1.807, 2.05) is 25.1 Å². The topological polar surface area (TPSA) is 70.5 Å². The van der Waals surface area contributed by atoms with E-state index in [0.717, 1.165) is 21.8 Å². The molecule has 1 amide bonds. The Balaban J connectivity index is 1.76. The molecule has 1 aromatic carbocycles. The standard InChI is InChI=1S/C16H16N2O3S/c1-10-14(22-9-17-10)6-7-15(19)18-8-12(16(20)21)11-4-2-3-5-13(11)18/h2-5,9,12H,6-8H2,1H3,(H,20,21). The molecule has 1 unspecified atom stereocenters. The first-order valence-electron chi connectivity index (χ1n) is 7.09. The lowest BCUT2D eigenvalue weighted by Gasteiger charge is -2.17. The van der Waals surface area contributed by atoms with E-state index in [2.05, 4.69) is 4.98 Å². The second-order valence-corrected chi connectivity index (χ2v) is 6.25. The third kappa shape index (κ3) is 2.62. The fourth-order valence-corrected chi connectivity index (χ4v) is 3.56. The van der Waals surface area contributed by atoms with Gasteiger partial charge < -0.3 is 10.0 Å². The number of carbonyl (C=O) groups is 2. The Labute approximate surface area is 132 Å². The van der Waals surface area contributed by atoms with Gasteiger partial charge in [0.25, 0.3) is 0 Å². The number of fused-ring (bicyclic) bond motifs is 1. The van der Waals surface area contributed by atoms with Crippen molar-refractivity contribution >= 4 is 28.9 Å². The highest BCUT2D eigenvalue weighted by Gasteiger charge is 2.35. The number of carboxylic acids is 1. The van der Waals surface area contributed by atoms with Gasteiger partial charge in [-0.2, -0.15) is 0 Å². The average Bonchev–Trinajstić information content (AvgIpc) is 3.08. The van der Waals surface area contributed by atoms with Gasteiger partial charge in [0, 0.05) is 23.5 Å². The highest BCUT2D eigenvalue weighted by Crippen LogP contribution is 2.36. The van der Waals surface area contributed by atoms with Gasteiger partial charge >= 0.3 is 5.97 Å². The molecular formula is C16H16N2O3S. The number of aromatic nitrogens is 1. The number of aliphatic carboxylic acids is 1. The third-order valence-corrected chi connectivity index (χ3v) is 4.97. The molecule has 2 aromatic rings. The summed E-state index contributed by atoms with van der Waals surface area (Å²) in [6, 6.07) is 7.24. The fourth-order valence-electron chi connectivity index (χ4n) is 2.78. The summed E-state index contributed by atoms with van der Waals surface area (Å²) in [7, 11) is 0. The zero-order chi connectivity index (χ0) is 15.7. The number of carbonyl (C=O) groups excluding carboxylic acids is 1. The molecule has 0 saturated heterocycles. The van der Waals surface area contributed by atoms with Gasteiger partial charge in [0.2, 0.25) is 5.91 Å². The lowest BCUT2D eigenvalue weighted by atomic mass is 10.0. The van der Waals surface area contributed by atoms with Crippen molar-refractivity contribution in [2.75, 3.05) is 11.4 Å². The summed E-state index contributed by atoms with van der Waals surface area (Å²) in [5.74, 6) is -1.56. The van der Waals surface area contributed by atoms with E-state index >= 15 is 0 Å². The Hall–Kier alpha value is -2.21. The minimum atomic E-state index is -0.888. The van der Waals surface area contributed by atoms with Gasteiger partial charge in [0.05, 0.1) is 11.2 Å². The predicted molar refractivity (Wildman–Crippen MR) is 84.3 cm³/mol. The minimum Gasteiger partial charge on any atom is -0.481 e. The zero-order valence-electron chi connectivity index (χ0n) is 12.2. The Kier molecular flexibility index (Phi) is 3.94. The highest BCUT2D eigenvalue weighted by atomic mass is 32.1. The molecule has 6 heteroatoms. The number of amides is 1. The molecule has 3 rings (SSSR count). The molecule has 22 heavy (non-hydrogen) atoms. The van der Waals surface area contributed by atoms with Crippen molar-refractivity contribution in [2.24, 2.45) is 0 Å². The third-order valence-electron chi connectivity index (χ3n) is 3.98. The SMILES string of the molecule is Cc1ncsc1CCC(=O)N1CC(C(=O)O)c2ccccc21. The number of thiazole rings is 1. The minimum absolute atomic E-state index is 0.0380. The lowest BCUT2D eigenvalue weighted by Crippen LogP contribution is -2.31. The first-order valence-corrected chi connectivity index (χ1v) is 7.97. The quantitative estimate of drug-likeness (QED) is 0.941. The molecule has 1 aromatic heterocycles. The van der Waals surface area contributed by atoms with E-state index in [-0.39, 0.29) is 12.5 Å². The van der Waals surface area contributed by atoms with Crippen LogP contribution in [0.5, 0.6) is 0 Å². The lowest BCUT2D eigenvalue weighted by molar-refractivity contribution is -0.138. The van der Waals surface area contributed by atoms with Crippen molar-refractivity contribution in [2.45, 2.75) is 25.7 Å². The average molecular weight is 316 g/mol. The van der Waals surface area contributed by atoms with Crippen LogP contribution in [0.2, 0.25) is 0 Å². The molecule has 114 valence electrons. The van der Waals surface area contributed by atoms with Crippen molar-refractivity contribution in [1.29, 1.82) is 0 Å². The summed E-state index contributed by atoms with van der Waals surface area (Å²) in [6.07, 6.45) is 1.01. The maximum Gasteiger partial charge on any atom is 0.312 e. The summed E-state index contributed by atoms with van der Waals surface area (Å²) >= 11 is 1.55. The fraction of sp³-hybridized carbons (Fsp3) is 0.312. The van der Waals surface area contributed by atoms with E-state index in [4.69, 9.17) is 0 Å². The number of aryl methyl sites for hydroxylation is 2. The van der Waals surface area contributed by atoms with Crippen molar-refractivity contribution in [3.8, 4) is 0 Å². The predicted octanol–water partition coefficient (Wildman–Crippen LogP) is 2.60. The van der Waals surface area contributed by atoms with Crippen LogP contribution in [-0.4, -0.2) is 28.5 Å². The van der Waals surface area contributed by atoms with Gasteiger partial charge in [0.1, 0.15) is 5.92 Å². The number of hydrogen-bond donors (Lipinski definition) is 1. The van der Waals surface area contributed by atoms with Gasteiger partial charge in [-0.15, -0.1) is 11.3 Å². The molecule has 0 aliphatic carbocycles. The molecule has 0 radical (unpaired) electrons. The maximum absolute atomic E-state index is 12.5. The Morgan fingerprint density at radius 2 is 2.18 bits per heavy atom. The van der Waals surface area contributed by atoms with Crippen LogP contribution in [0.25, 0.3) is 0 Å². The van der Waals surface area contributed by atoms with E-state index < -0.39 is 11.9 Å². The van der Waals surface area contributed by atoms with Gasteiger partial charge in [0.15, 0.2) is 0 Å². The first-order chi connectivity index (χ1) is 10.6. The zero-order valence-corrected chi connectivity index (χ0v) is 13.0. The van der Waals surface area contributed by atoms with Gasteiger partial charge in [-0.25, -0.2) is 4.98 Å². The van der Waals surface area contributed by atoms with E-state index in [9.17, 15) is 14.7 Å². The van der Waals surface area contributed by atoms with Crippen molar-refractivity contribution in [1.82, 2.24) is 4.98 Å². The van der Waals surface area contributed by atoms with Crippen LogP contribution in [0.4, 0.5) is 5.69 Å². The van der Waals surface area contributed by atoms with Crippen molar-refractivity contribution in [3.05, 3.63) is 45.9 Å². The number of para-hydroxylation sites is 1. The number of benzene rings is 1. The molecule has 1 aliphatic heterocycles. The molecule has 0 fully saturated rings. The molecular weight excluding hydrogens is 300 g/mol.